The van der Waals surface area contributed by atoms with E-state index >= 15 is 0 Å². The van der Waals surface area contributed by atoms with E-state index in [1.807, 2.05) is 13.8 Å². The summed E-state index contributed by atoms with van der Waals surface area (Å²) in [5, 5.41) is 1.28. The molecule has 0 atom stereocenters. The van der Waals surface area contributed by atoms with E-state index in [2.05, 4.69) is 37.0 Å². The zero-order valence-electron chi connectivity index (χ0n) is 9.81. The lowest BCUT2D eigenvalue weighted by Gasteiger charge is -2.15. The van der Waals surface area contributed by atoms with Gasteiger partial charge in [0.1, 0.15) is 0 Å². The third kappa shape index (κ3) is 1.65. The SMILES string of the molecule is Cc1ccc(C)c2[nH]c(C(C)(C)N)cc12. The van der Waals surface area contributed by atoms with Gasteiger partial charge in [-0.1, -0.05) is 12.1 Å². The molecule has 0 fully saturated rings. The molecule has 80 valence electrons. The fraction of sp³-hybridized carbons (Fsp3) is 0.385. The summed E-state index contributed by atoms with van der Waals surface area (Å²) in [6, 6.07) is 6.46. The maximum Gasteiger partial charge on any atom is 0.0504 e. The first kappa shape index (κ1) is 10.2. The average molecular weight is 202 g/mol. The van der Waals surface area contributed by atoms with E-state index in [0.717, 1.165) is 5.69 Å². The molecule has 1 aromatic heterocycles. The molecule has 0 aliphatic rings. The molecular weight excluding hydrogens is 184 g/mol. The molecule has 2 rings (SSSR count). The summed E-state index contributed by atoms with van der Waals surface area (Å²) < 4.78 is 0. The lowest BCUT2D eigenvalue weighted by Crippen LogP contribution is -2.28. The Labute approximate surface area is 90.5 Å². The maximum absolute atomic E-state index is 6.09. The minimum absolute atomic E-state index is 0.308. The standard InChI is InChI=1S/C13H18N2/c1-8-5-6-9(2)12-10(8)7-11(15-12)13(3,4)14/h5-7,15H,14H2,1-4H3. The molecule has 0 aliphatic carbocycles. The number of nitrogens with two attached hydrogens (primary N) is 1. The van der Waals surface area contributed by atoms with E-state index in [1.165, 1.54) is 22.0 Å². The summed E-state index contributed by atoms with van der Waals surface area (Å²) in [6.07, 6.45) is 0. The molecule has 0 amide bonds. The number of aromatic nitrogens is 1. The predicted molar refractivity (Wildman–Crippen MR) is 65.0 cm³/mol. The highest BCUT2D eigenvalue weighted by molar-refractivity contribution is 5.86. The molecule has 2 nitrogen and oxygen atoms in total. The van der Waals surface area contributed by atoms with Gasteiger partial charge in [0.2, 0.25) is 0 Å². The van der Waals surface area contributed by atoms with Gasteiger partial charge in [-0.3, -0.25) is 0 Å². The number of aromatic amines is 1. The van der Waals surface area contributed by atoms with Crippen molar-refractivity contribution in [3.63, 3.8) is 0 Å². The first-order valence-electron chi connectivity index (χ1n) is 5.28. The Balaban J connectivity index is 2.76. The third-order valence-corrected chi connectivity index (χ3v) is 2.91. The normalized spacial score (nSPS) is 12.3. The Morgan fingerprint density at radius 1 is 1.13 bits per heavy atom. The number of H-pyrrole nitrogens is 1. The number of aryl methyl sites for hydroxylation is 2. The second kappa shape index (κ2) is 3.11. The number of nitrogens with one attached hydrogen (secondary N) is 1. The maximum atomic E-state index is 6.09. The van der Waals surface area contributed by atoms with E-state index in [0.29, 0.717) is 0 Å². The van der Waals surface area contributed by atoms with Crippen LogP contribution in [-0.4, -0.2) is 4.98 Å². The van der Waals surface area contributed by atoms with Gasteiger partial charge in [0.05, 0.1) is 5.54 Å². The van der Waals surface area contributed by atoms with Crippen molar-refractivity contribution in [1.82, 2.24) is 4.98 Å². The summed E-state index contributed by atoms with van der Waals surface area (Å²) in [5.41, 5.74) is 10.6. The van der Waals surface area contributed by atoms with Crippen molar-refractivity contribution in [1.29, 1.82) is 0 Å². The van der Waals surface area contributed by atoms with Crippen LogP contribution in [0.1, 0.15) is 30.7 Å². The molecule has 3 N–H and O–H groups in total. The molecule has 0 radical (unpaired) electrons. The minimum Gasteiger partial charge on any atom is -0.357 e. The first-order valence-corrected chi connectivity index (χ1v) is 5.28. The van der Waals surface area contributed by atoms with Gasteiger partial charge in [-0.15, -0.1) is 0 Å². The van der Waals surface area contributed by atoms with Crippen molar-refractivity contribution in [3.8, 4) is 0 Å². The topological polar surface area (TPSA) is 41.8 Å². The largest absolute Gasteiger partial charge is 0.357 e. The summed E-state index contributed by atoms with van der Waals surface area (Å²) in [6.45, 7) is 8.28. The average Bonchev–Trinajstić information content (AvgIpc) is 2.56. The van der Waals surface area contributed by atoms with Crippen molar-refractivity contribution < 1.29 is 0 Å². The molecule has 2 heteroatoms. The van der Waals surface area contributed by atoms with Gasteiger partial charge in [0, 0.05) is 16.6 Å². The van der Waals surface area contributed by atoms with E-state index < -0.39 is 0 Å². The Morgan fingerprint density at radius 3 is 2.27 bits per heavy atom. The highest BCUT2D eigenvalue weighted by atomic mass is 14.8. The van der Waals surface area contributed by atoms with Gasteiger partial charge in [-0.05, 0) is 44.9 Å². The molecule has 0 saturated carbocycles. The van der Waals surface area contributed by atoms with Crippen LogP contribution in [0.5, 0.6) is 0 Å². The van der Waals surface area contributed by atoms with Gasteiger partial charge in [0.25, 0.3) is 0 Å². The summed E-state index contributed by atoms with van der Waals surface area (Å²) in [4.78, 5) is 3.42. The van der Waals surface area contributed by atoms with Crippen molar-refractivity contribution in [2.75, 3.05) is 0 Å². The van der Waals surface area contributed by atoms with Crippen LogP contribution in [0.15, 0.2) is 18.2 Å². The summed E-state index contributed by atoms with van der Waals surface area (Å²) >= 11 is 0. The van der Waals surface area contributed by atoms with Crippen molar-refractivity contribution in [2.24, 2.45) is 5.73 Å². The number of hydrogen-bond donors (Lipinski definition) is 2. The van der Waals surface area contributed by atoms with E-state index in [1.54, 1.807) is 0 Å². The fourth-order valence-electron chi connectivity index (χ4n) is 1.85. The van der Waals surface area contributed by atoms with Crippen LogP contribution < -0.4 is 5.73 Å². The lowest BCUT2D eigenvalue weighted by molar-refractivity contribution is 0.540. The van der Waals surface area contributed by atoms with Crippen LogP contribution in [-0.2, 0) is 5.54 Å². The molecule has 0 unspecified atom stereocenters. The molecular formula is C13H18N2. The van der Waals surface area contributed by atoms with Crippen molar-refractivity contribution in [2.45, 2.75) is 33.2 Å². The zero-order chi connectivity index (χ0) is 11.2. The lowest BCUT2D eigenvalue weighted by atomic mass is 10.0. The van der Waals surface area contributed by atoms with Crippen LogP contribution in [0, 0.1) is 13.8 Å². The van der Waals surface area contributed by atoms with E-state index in [9.17, 15) is 0 Å². The van der Waals surface area contributed by atoms with E-state index in [4.69, 9.17) is 5.73 Å². The predicted octanol–water partition coefficient (Wildman–Crippen LogP) is 2.98. The fourth-order valence-corrected chi connectivity index (χ4v) is 1.85. The second-order valence-corrected chi connectivity index (χ2v) is 4.89. The Morgan fingerprint density at radius 2 is 1.73 bits per heavy atom. The first-order chi connectivity index (χ1) is 6.89. The molecule has 15 heavy (non-hydrogen) atoms. The number of fused-ring (bicyclic) bond motifs is 1. The molecule has 0 aliphatic heterocycles. The van der Waals surface area contributed by atoms with Crippen LogP contribution >= 0.6 is 0 Å². The van der Waals surface area contributed by atoms with Gasteiger partial charge in [-0.25, -0.2) is 0 Å². The molecule has 1 aromatic carbocycles. The van der Waals surface area contributed by atoms with E-state index in [-0.39, 0.29) is 5.54 Å². The van der Waals surface area contributed by atoms with Crippen LogP contribution in [0.25, 0.3) is 10.9 Å². The number of benzene rings is 1. The van der Waals surface area contributed by atoms with Crippen molar-refractivity contribution in [3.05, 3.63) is 35.0 Å². The van der Waals surface area contributed by atoms with Crippen LogP contribution in [0.3, 0.4) is 0 Å². The van der Waals surface area contributed by atoms with Crippen LogP contribution in [0.4, 0.5) is 0 Å². The monoisotopic (exact) mass is 202 g/mol. The minimum atomic E-state index is -0.308. The Bertz CT molecular complexity index is 462. The molecule has 1 heterocycles. The number of rotatable bonds is 1. The number of hydrogen-bond acceptors (Lipinski definition) is 1. The van der Waals surface area contributed by atoms with Gasteiger partial charge >= 0.3 is 0 Å². The molecule has 2 aromatic rings. The Hall–Kier alpha value is -1.28. The van der Waals surface area contributed by atoms with Crippen molar-refractivity contribution >= 4 is 10.9 Å². The zero-order valence-corrected chi connectivity index (χ0v) is 9.81. The molecule has 0 spiro atoms. The molecule has 0 saturated heterocycles. The van der Waals surface area contributed by atoms with Gasteiger partial charge in [0.15, 0.2) is 0 Å². The highest BCUT2D eigenvalue weighted by Gasteiger charge is 2.17. The summed E-state index contributed by atoms with van der Waals surface area (Å²) in [7, 11) is 0. The molecule has 0 bridgehead atoms. The third-order valence-electron chi connectivity index (χ3n) is 2.91. The van der Waals surface area contributed by atoms with Gasteiger partial charge < -0.3 is 10.7 Å². The Kier molecular flexibility index (Phi) is 2.12. The quantitative estimate of drug-likeness (QED) is 0.733. The van der Waals surface area contributed by atoms with Crippen LogP contribution in [0.2, 0.25) is 0 Å². The smallest absolute Gasteiger partial charge is 0.0504 e. The van der Waals surface area contributed by atoms with Gasteiger partial charge in [-0.2, -0.15) is 0 Å². The summed E-state index contributed by atoms with van der Waals surface area (Å²) in [5.74, 6) is 0. The highest BCUT2D eigenvalue weighted by Crippen LogP contribution is 2.26. The second-order valence-electron chi connectivity index (χ2n) is 4.89.